The number of hydrogen-bond donors (Lipinski definition) is 4. The summed E-state index contributed by atoms with van der Waals surface area (Å²) in [4.78, 5) is 56.7. The Labute approximate surface area is 240 Å². The van der Waals surface area contributed by atoms with E-state index in [1.807, 2.05) is 4.90 Å². The Balaban J connectivity index is 1.56. The van der Waals surface area contributed by atoms with Gasteiger partial charge < -0.3 is 21.5 Å². The van der Waals surface area contributed by atoms with Crippen LogP contribution in [-0.2, 0) is 11.3 Å². The number of aromatic nitrogens is 1. The first-order valence-corrected chi connectivity index (χ1v) is 13.3. The van der Waals surface area contributed by atoms with Crippen LogP contribution in [0.25, 0.3) is 0 Å². The molecule has 11 nitrogen and oxygen atoms in total. The molecule has 1 saturated heterocycles. The van der Waals surface area contributed by atoms with Gasteiger partial charge in [0.05, 0.1) is 11.3 Å². The molecule has 4 amide bonds. The molecule has 5 N–H and O–H groups in total. The Bertz CT molecular complexity index is 1480. The molecule has 1 aliphatic heterocycles. The van der Waals surface area contributed by atoms with Gasteiger partial charge in [0.2, 0.25) is 0 Å². The minimum Gasteiger partial charge on any atom is -0.480 e. The molecule has 3 aromatic rings. The van der Waals surface area contributed by atoms with Gasteiger partial charge in [-0.15, -0.1) is 0 Å². The number of carboxylic acids is 1. The number of amides is 4. The first-order valence-electron chi connectivity index (χ1n) is 13.3. The fourth-order valence-electron chi connectivity index (χ4n) is 4.77. The SMILES string of the molecule is CCN(C(N)=O)c1cc(NC(=O)c2cc(F)cc(F)c2)c(C(=O)Nc2ccc(CN3CCCCC3C(=O)O)cc2)cn1. The third kappa shape index (κ3) is 7.23. The highest BCUT2D eigenvalue weighted by atomic mass is 19.1. The molecule has 42 heavy (non-hydrogen) atoms. The molecule has 13 heteroatoms. The maximum atomic E-state index is 13.7. The Morgan fingerprint density at radius 3 is 2.33 bits per heavy atom. The van der Waals surface area contributed by atoms with Gasteiger partial charge in [0.15, 0.2) is 0 Å². The lowest BCUT2D eigenvalue weighted by Gasteiger charge is -2.32. The van der Waals surface area contributed by atoms with Gasteiger partial charge in [0.1, 0.15) is 23.5 Å². The average Bonchev–Trinajstić information content (AvgIpc) is 2.94. The molecule has 0 spiro atoms. The van der Waals surface area contributed by atoms with Crippen molar-refractivity contribution in [2.45, 2.75) is 38.8 Å². The van der Waals surface area contributed by atoms with Crippen LogP contribution in [0.15, 0.2) is 54.7 Å². The smallest absolute Gasteiger partial charge is 0.320 e. The standard InChI is InChI=1S/C29H30F2N6O5/c1-2-37(29(32)42)25-14-23(35-26(38)18-11-19(30)13-20(31)12-18)22(15-33-25)27(39)34-21-8-6-17(7-9-21)16-36-10-4-3-5-24(36)28(40)41/h6-9,11-15,24H,2-5,10,16H2,1H3,(H2,32,42)(H,34,39)(H,40,41)(H,33,35,38). The molecular formula is C29H30F2N6O5. The number of carbonyl (C=O) groups is 4. The number of pyridine rings is 1. The molecule has 2 heterocycles. The minimum absolute atomic E-state index is 0.0454. The summed E-state index contributed by atoms with van der Waals surface area (Å²) < 4.78 is 27.4. The van der Waals surface area contributed by atoms with Crippen molar-refractivity contribution in [3.05, 3.63) is 83.1 Å². The predicted molar refractivity (Wildman–Crippen MR) is 151 cm³/mol. The van der Waals surface area contributed by atoms with Crippen molar-refractivity contribution in [1.82, 2.24) is 9.88 Å². The summed E-state index contributed by atoms with van der Waals surface area (Å²) in [5.74, 6) is -4.27. The van der Waals surface area contributed by atoms with Crippen LogP contribution in [0.4, 0.5) is 30.8 Å². The molecule has 1 fully saturated rings. The number of anilines is 3. The fraction of sp³-hybridized carbons (Fsp3) is 0.276. The summed E-state index contributed by atoms with van der Waals surface area (Å²) in [5.41, 5.74) is 6.21. The zero-order chi connectivity index (χ0) is 30.4. The topological polar surface area (TPSA) is 158 Å². The first-order chi connectivity index (χ1) is 20.0. The van der Waals surface area contributed by atoms with E-state index in [9.17, 15) is 33.1 Å². The van der Waals surface area contributed by atoms with Gasteiger partial charge in [0, 0.05) is 42.7 Å². The number of urea groups is 1. The van der Waals surface area contributed by atoms with Crippen molar-refractivity contribution >= 4 is 41.0 Å². The lowest BCUT2D eigenvalue weighted by Crippen LogP contribution is -2.43. The summed E-state index contributed by atoms with van der Waals surface area (Å²) in [6, 6.07) is 9.08. The van der Waals surface area contributed by atoms with Crippen molar-refractivity contribution in [3.8, 4) is 0 Å². The quantitative estimate of drug-likeness (QED) is 0.295. The van der Waals surface area contributed by atoms with Gasteiger partial charge in [-0.3, -0.25) is 24.2 Å². The molecule has 4 rings (SSSR count). The molecule has 0 bridgehead atoms. The number of primary amides is 1. The molecule has 0 radical (unpaired) electrons. The largest absolute Gasteiger partial charge is 0.480 e. The number of likely N-dealkylation sites (tertiary alicyclic amines) is 1. The van der Waals surface area contributed by atoms with Gasteiger partial charge >= 0.3 is 12.0 Å². The van der Waals surface area contributed by atoms with Gasteiger partial charge in [-0.1, -0.05) is 18.6 Å². The third-order valence-electron chi connectivity index (χ3n) is 6.86. The predicted octanol–water partition coefficient (Wildman–Crippen LogP) is 4.21. The van der Waals surface area contributed by atoms with E-state index in [1.54, 1.807) is 31.2 Å². The number of nitrogens with two attached hydrogens (primary N) is 1. The number of nitrogens with zero attached hydrogens (tertiary/aromatic N) is 3. The van der Waals surface area contributed by atoms with Gasteiger partial charge in [-0.05, 0) is 56.1 Å². The second-order valence-corrected chi connectivity index (χ2v) is 9.75. The van der Waals surface area contributed by atoms with Crippen molar-refractivity contribution < 1.29 is 33.1 Å². The molecule has 1 unspecified atom stereocenters. The van der Waals surface area contributed by atoms with E-state index in [2.05, 4.69) is 15.6 Å². The van der Waals surface area contributed by atoms with Gasteiger partial charge in [-0.25, -0.2) is 18.6 Å². The van der Waals surface area contributed by atoms with E-state index in [0.29, 0.717) is 31.3 Å². The van der Waals surface area contributed by atoms with E-state index in [-0.39, 0.29) is 29.2 Å². The zero-order valence-corrected chi connectivity index (χ0v) is 22.8. The van der Waals surface area contributed by atoms with Crippen LogP contribution in [-0.4, -0.2) is 57.9 Å². The summed E-state index contributed by atoms with van der Waals surface area (Å²) in [7, 11) is 0. The molecule has 220 valence electrons. The van der Waals surface area contributed by atoms with Crippen LogP contribution < -0.4 is 21.3 Å². The van der Waals surface area contributed by atoms with Crippen molar-refractivity contribution in [1.29, 1.82) is 0 Å². The van der Waals surface area contributed by atoms with E-state index in [4.69, 9.17) is 5.73 Å². The minimum atomic E-state index is -0.957. The number of hydrogen-bond acceptors (Lipinski definition) is 6. The summed E-state index contributed by atoms with van der Waals surface area (Å²) >= 11 is 0. The maximum absolute atomic E-state index is 13.7. The van der Waals surface area contributed by atoms with E-state index >= 15 is 0 Å². The number of halogens is 2. The second-order valence-electron chi connectivity index (χ2n) is 9.75. The molecule has 0 aliphatic carbocycles. The second kappa shape index (κ2) is 13.2. The monoisotopic (exact) mass is 580 g/mol. The van der Waals surface area contributed by atoms with Gasteiger partial charge in [-0.2, -0.15) is 0 Å². The molecule has 2 aromatic carbocycles. The van der Waals surface area contributed by atoms with Crippen LogP contribution in [0, 0.1) is 11.6 Å². The Morgan fingerprint density at radius 1 is 1.02 bits per heavy atom. The van der Waals surface area contributed by atoms with Crippen molar-refractivity contribution in [3.63, 3.8) is 0 Å². The normalized spacial score (nSPS) is 15.1. The highest BCUT2D eigenvalue weighted by Crippen LogP contribution is 2.25. The summed E-state index contributed by atoms with van der Waals surface area (Å²) in [6.07, 6.45) is 3.54. The van der Waals surface area contributed by atoms with Crippen molar-refractivity contribution in [2.24, 2.45) is 5.73 Å². The average molecular weight is 581 g/mol. The zero-order valence-electron chi connectivity index (χ0n) is 22.8. The summed E-state index contributed by atoms with van der Waals surface area (Å²) in [6.45, 7) is 2.92. The number of benzene rings is 2. The molecule has 1 atom stereocenters. The molecule has 1 aliphatic rings. The van der Waals surface area contributed by atoms with Crippen LogP contribution in [0.1, 0.15) is 52.5 Å². The van der Waals surface area contributed by atoms with Crippen LogP contribution in [0.2, 0.25) is 0 Å². The van der Waals surface area contributed by atoms with Crippen LogP contribution in [0.5, 0.6) is 0 Å². The van der Waals surface area contributed by atoms with Gasteiger partial charge in [0.25, 0.3) is 11.8 Å². The van der Waals surface area contributed by atoms with Crippen molar-refractivity contribution in [2.75, 3.05) is 28.6 Å². The van der Waals surface area contributed by atoms with Crippen LogP contribution >= 0.6 is 0 Å². The molecule has 0 saturated carbocycles. The number of aliphatic carboxylic acids is 1. The highest BCUT2D eigenvalue weighted by Gasteiger charge is 2.28. The highest BCUT2D eigenvalue weighted by molar-refractivity contribution is 6.13. The summed E-state index contributed by atoms with van der Waals surface area (Å²) in [5, 5.41) is 14.7. The fourth-order valence-corrected chi connectivity index (χ4v) is 4.77. The van der Waals surface area contributed by atoms with E-state index < -0.39 is 41.5 Å². The Kier molecular flexibility index (Phi) is 9.42. The third-order valence-corrected chi connectivity index (χ3v) is 6.86. The maximum Gasteiger partial charge on any atom is 0.320 e. The Morgan fingerprint density at radius 2 is 1.71 bits per heavy atom. The number of nitrogens with one attached hydrogen (secondary N) is 2. The Hall–Kier alpha value is -4.91. The first kappa shape index (κ1) is 30.1. The number of carbonyl (C=O) groups excluding carboxylic acids is 3. The van der Waals surface area contributed by atoms with E-state index in [1.165, 1.54) is 6.07 Å². The lowest BCUT2D eigenvalue weighted by molar-refractivity contribution is -0.144. The van der Waals surface area contributed by atoms with E-state index in [0.717, 1.165) is 41.6 Å². The molecular weight excluding hydrogens is 550 g/mol. The number of carboxylic acid groups (broad SMARTS) is 1. The number of piperidine rings is 1. The lowest BCUT2D eigenvalue weighted by atomic mass is 10.0. The van der Waals surface area contributed by atoms with Crippen LogP contribution in [0.3, 0.4) is 0 Å². The molecule has 1 aromatic heterocycles. The number of rotatable bonds is 9.